The van der Waals surface area contributed by atoms with Crippen LogP contribution in [0.2, 0.25) is 0 Å². The van der Waals surface area contributed by atoms with Crippen LogP contribution in [-0.2, 0) is 4.74 Å². The fraction of sp³-hybridized carbons (Fsp3) is 0.692. The minimum Gasteiger partial charge on any atom is -0.369 e. The second-order valence-electron chi connectivity index (χ2n) is 5.10. The van der Waals surface area contributed by atoms with Crippen molar-refractivity contribution in [3.8, 4) is 0 Å². The molecule has 3 atom stereocenters. The molecule has 1 heterocycles. The summed E-state index contributed by atoms with van der Waals surface area (Å²) in [6.45, 7) is 8.98. The number of hydrogen-bond acceptors (Lipinski definition) is 1. The number of fused-ring (bicyclic) bond motifs is 2. The Hall–Kier alpha value is -0.560. The molecule has 0 aromatic heterocycles. The molecule has 1 aliphatic heterocycles. The molecule has 0 aromatic carbocycles. The first-order valence-corrected chi connectivity index (χ1v) is 5.52. The minimum absolute atomic E-state index is 0.304. The SMILES string of the molecule is CC=CC1OC2CC=C(C)C1C2(C)C. The van der Waals surface area contributed by atoms with E-state index in [9.17, 15) is 0 Å². The first-order valence-electron chi connectivity index (χ1n) is 5.52. The van der Waals surface area contributed by atoms with Crippen LogP contribution in [0.3, 0.4) is 0 Å². The number of allylic oxidation sites excluding steroid dienone is 1. The Kier molecular flexibility index (Phi) is 2.30. The van der Waals surface area contributed by atoms with Gasteiger partial charge in [-0.1, -0.05) is 37.6 Å². The Bertz CT molecular complexity index is 286. The van der Waals surface area contributed by atoms with E-state index in [2.05, 4.69) is 45.9 Å². The van der Waals surface area contributed by atoms with Crippen molar-refractivity contribution >= 4 is 0 Å². The zero-order chi connectivity index (χ0) is 10.3. The maximum atomic E-state index is 6.07. The molecule has 14 heavy (non-hydrogen) atoms. The number of ether oxygens (including phenoxy) is 1. The third-order valence-corrected chi connectivity index (χ3v) is 3.81. The van der Waals surface area contributed by atoms with Crippen LogP contribution in [0.1, 0.15) is 34.1 Å². The Labute approximate surface area is 86.8 Å². The average molecular weight is 192 g/mol. The maximum Gasteiger partial charge on any atom is 0.0831 e. The standard InChI is InChI=1S/C13H20O/c1-5-6-10-12-9(2)7-8-11(14-10)13(12,3)4/h5-7,10-12H,8H2,1-4H3. The average Bonchev–Trinajstić information content (AvgIpc) is 2.26. The highest BCUT2D eigenvalue weighted by Crippen LogP contribution is 2.51. The van der Waals surface area contributed by atoms with Gasteiger partial charge in [0, 0.05) is 11.3 Å². The van der Waals surface area contributed by atoms with Crippen molar-refractivity contribution in [2.75, 3.05) is 0 Å². The van der Waals surface area contributed by atoms with Crippen LogP contribution in [0.4, 0.5) is 0 Å². The highest BCUT2D eigenvalue weighted by atomic mass is 16.5. The van der Waals surface area contributed by atoms with Crippen molar-refractivity contribution in [1.29, 1.82) is 0 Å². The largest absolute Gasteiger partial charge is 0.369 e. The van der Waals surface area contributed by atoms with Gasteiger partial charge >= 0.3 is 0 Å². The summed E-state index contributed by atoms with van der Waals surface area (Å²) in [5.41, 5.74) is 1.81. The van der Waals surface area contributed by atoms with Gasteiger partial charge in [0.25, 0.3) is 0 Å². The van der Waals surface area contributed by atoms with Crippen LogP contribution in [0.15, 0.2) is 23.8 Å². The highest BCUT2D eigenvalue weighted by molar-refractivity contribution is 5.23. The molecule has 0 amide bonds. The molecule has 0 radical (unpaired) electrons. The molecule has 2 rings (SSSR count). The molecule has 1 heteroatoms. The van der Waals surface area contributed by atoms with E-state index >= 15 is 0 Å². The molecule has 3 unspecified atom stereocenters. The molecule has 0 spiro atoms. The third-order valence-electron chi connectivity index (χ3n) is 3.81. The molecule has 0 aromatic rings. The summed E-state index contributed by atoms with van der Waals surface area (Å²) >= 11 is 0. The van der Waals surface area contributed by atoms with Gasteiger partial charge in [0.15, 0.2) is 0 Å². The van der Waals surface area contributed by atoms with Crippen molar-refractivity contribution in [3.05, 3.63) is 23.8 Å². The number of rotatable bonds is 1. The molecule has 1 aliphatic carbocycles. The van der Waals surface area contributed by atoms with Gasteiger partial charge < -0.3 is 4.74 Å². The lowest BCUT2D eigenvalue weighted by Crippen LogP contribution is -2.34. The van der Waals surface area contributed by atoms with Gasteiger partial charge in [-0.2, -0.15) is 0 Å². The molecule has 0 saturated carbocycles. The minimum atomic E-state index is 0.304. The molecule has 0 N–H and O–H groups in total. The Balaban J connectivity index is 2.35. The van der Waals surface area contributed by atoms with Crippen molar-refractivity contribution < 1.29 is 4.74 Å². The summed E-state index contributed by atoms with van der Waals surface area (Å²) in [6.07, 6.45) is 8.47. The van der Waals surface area contributed by atoms with Crippen LogP contribution in [0.25, 0.3) is 0 Å². The summed E-state index contributed by atoms with van der Waals surface area (Å²) in [5.74, 6) is 0.581. The van der Waals surface area contributed by atoms with Gasteiger partial charge in [-0.05, 0) is 20.3 Å². The van der Waals surface area contributed by atoms with Crippen LogP contribution >= 0.6 is 0 Å². The Morgan fingerprint density at radius 2 is 2.21 bits per heavy atom. The van der Waals surface area contributed by atoms with Crippen LogP contribution in [0, 0.1) is 11.3 Å². The zero-order valence-electron chi connectivity index (χ0n) is 9.58. The smallest absolute Gasteiger partial charge is 0.0831 e. The lowest BCUT2D eigenvalue weighted by Gasteiger charge is -2.35. The van der Waals surface area contributed by atoms with E-state index in [0.29, 0.717) is 23.5 Å². The summed E-state index contributed by atoms with van der Waals surface area (Å²) in [7, 11) is 0. The van der Waals surface area contributed by atoms with E-state index in [4.69, 9.17) is 4.74 Å². The normalized spacial score (nSPS) is 40.3. The first-order chi connectivity index (χ1) is 6.57. The van der Waals surface area contributed by atoms with E-state index in [1.165, 1.54) is 5.57 Å². The van der Waals surface area contributed by atoms with Crippen LogP contribution in [-0.4, -0.2) is 12.2 Å². The fourth-order valence-corrected chi connectivity index (χ4v) is 3.04. The predicted octanol–water partition coefficient (Wildman–Crippen LogP) is 3.32. The quantitative estimate of drug-likeness (QED) is 0.579. The summed E-state index contributed by atoms with van der Waals surface area (Å²) in [4.78, 5) is 0. The molecule has 78 valence electrons. The lowest BCUT2D eigenvalue weighted by atomic mass is 9.67. The van der Waals surface area contributed by atoms with Crippen molar-refractivity contribution in [2.24, 2.45) is 11.3 Å². The van der Waals surface area contributed by atoms with Gasteiger partial charge in [-0.25, -0.2) is 0 Å². The Morgan fingerprint density at radius 1 is 1.50 bits per heavy atom. The van der Waals surface area contributed by atoms with Crippen molar-refractivity contribution in [3.63, 3.8) is 0 Å². The van der Waals surface area contributed by atoms with Gasteiger partial charge in [-0.15, -0.1) is 0 Å². The van der Waals surface area contributed by atoms with Crippen LogP contribution < -0.4 is 0 Å². The Morgan fingerprint density at radius 3 is 2.86 bits per heavy atom. The fourth-order valence-electron chi connectivity index (χ4n) is 3.04. The third kappa shape index (κ3) is 1.26. The highest BCUT2D eigenvalue weighted by Gasteiger charge is 2.51. The molecule has 1 saturated heterocycles. The van der Waals surface area contributed by atoms with Gasteiger partial charge in [0.1, 0.15) is 0 Å². The maximum absolute atomic E-state index is 6.07. The molecule has 2 bridgehead atoms. The monoisotopic (exact) mass is 192 g/mol. The van der Waals surface area contributed by atoms with E-state index in [1.807, 2.05) is 0 Å². The van der Waals surface area contributed by atoms with Gasteiger partial charge in [-0.3, -0.25) is 0 Å². The second-order valence-corrected chi connectivity index (χ2v) is 5.10. The molecular weight excluding hydrogens is 172 g/mol. The van der Waals surface area contributed by atoms with Crippen LogP contribution in [0.5, 0.6) is 0 Å². The van der Waals surface area contributed by atoms with E-state index in [-0.39, 0.29) is 0 Å². The van der Waals surface area contributed by atoms with E-state index < -0.39 is 0 Å². The molecule has 1 nitrogen and oxygen atoms in total. The van der Waals surface area contributed by atoms with Gasteiger partial charge in [0.2, 0.25) is 0 Å². The van der Waals surface area contributed by atoms with Gasteiger partial charge in [0.05, 0.1) is 12.2 Å². The topological polar surface area (TPSA) is 9.23 Å². The lowest BCUT2D eigenvalue weighted by molar-refractivity contribution is 0.0407. The summed E-state index contributed by atoms with van der Waals surface area (Å²) in [5, 5.41) is 0. The van der Waals surface area contributed by atoms with E-state index in [0.717, 1.165) is 6.42 Å². The summed E-state index contributed by atoms with van der Waals surface area (Å²) < 4.78 is 6.07. The molecular formula is C13H20O. The first kappa shape index (κ1) is 9.97. The predicted molar refractivity (Wildman–Crippen MR) is 59.1 cm³/mol. The molecule has 1 fully saturated rings. The zero-order valence-corrected chi connectivity index (χ0v) is 9.58. The van der Waals surface area contributed by atoms with Crippen molar-refractivity contribution in [2.45, 2.75) is 46.3 Å². The second kappa shape index (κ2) is 3.23. The number of hydrogen-bond donors (Lipinski definition) is 0. The molecule has 2 aliphatic rings. The summed E-state index contributed by atoms with van der Waals surface area (Å²) in [6, 6.07) is 0. The van der Waals surface area contributed by atoms with Crippen molar-refractivity contribution in [1.82, 2.24) is 0 Å². The van der Waals surface area contributed by atoms with E-state index in [1.54, 1.807) is 0 Å².